The van der Waals surface area contributed by atoms with Crippen molar-refractivity contribution in [2.45, 2.75) is 0 Å². The number of carbonyl (C=O) groups excluding carboxylic acids is 1. The zero-order valence-corrected chi connectivity index (χ0v) is 8.98. The zero-order chi connectivity index (χ0) is 10.1. The lowest BCUT2D eigenvalue weighted by Gasteiger charge is -2.01. The Morgan fingerprint density at radius 3 is 3.07 bits per heavy atom. The molecule has 4 nitrogen and oxygen atoms in total. The number of hydrogen-bond acceptors (Lipinski definition) is 3. The minimum Gasteiger partial charge on any atom is -0.464 e. The molecule has 0 aliphatic rings. The predicted octanol–water partition coefficient (Wildman–Crippen LogP) is 1.88. The van der Waals surface area contributed by atoms with Gasteiger partial charge in [0.25, 0.3) is 0 Å². The molecule has 72 valence electrons. The molecule has 5 heteroatoms. The molecule has 0 aliphatic heterocycles. The van der Waals surface area contributed by atoms with E-state index < -0.39 is 5.97 Å². The Labute approximate surface area is 88.6 Å². The molecule has 2 aromatic heterocycles. The Hall–Kier alpha value is -1.36. The summed E-state index contributed by atoms with van der Waals surface area (Å²) in [5.41, 5.74) is 1.25. The van der Waals surface area contributed by atoms with Gasteiger partial charge in [0.2, 0.25) is 0 Å². The average Bonchev–Trinajstić information content (AvgIpc) is 2.59. The van der Waals surface area contributed by atoms with Gasteiger partial charge in [0.05, 0.1) is 23.3 Å². The van der Waals surface area contributed by atoms with Gasteiger partial charge in [-0.25, -0.2) is 9.31 Å². The van der Waals surface area contributed by atoms with E-state index in [1.165, 1.54) is 11.6 Å². The number of esters is 1. The number of hydrogen-bond donors (Lipinski definition) is 0. The first kappa shape index (κ1) is 9.21. The molecule has 0 unspecified atom stereocenters. The van der Waals surface area contributed by atoms with Crippen LogP contribution in [0.5, 0.6) is 0 Å². The van der Waals surface area contributed by atoms with E-state index in [4.69, 9.17) is 0 Å². The number of methoxy groups -OCH3 is 1. The van der Waals surface area contributed by atoms with E-state index in [0.717, 1.165) is 9.99 Å². The molecule has 0 saturated heterocycles. The molecule has 0 aliphatic carbocycles. The number of aromatic nitrogens is 2. The van der Waals surface area contributed by atoms with Crippen LogP contribution in [0, 0.1) is 0 Å². The van der Waals surface area contributed by atoms with Gasteiger partial charge in [0, 0.05) is 0 Å². The Balaban J connectivity index is 2.71. The average molecular weight is 255 g/mol. The van der Waals surface area contributed by atoms with Crippen molar-refractivity contribution >= 4 is 27.4 Å². The second-order valence-corrected chi connectivity index (χ2v) is 3.55. The molecule has 0 fully saturated rings. The minimum absolute atomic E-state index is 0.397. The fourth-order valence-electron chi connectivity index (χ4n) is 1.24. The lowest BCUT2D eigenvalue weighted by molar-refractivity contribution is 0.0591. The number of carbonyl (C=O) groups is 1. The lowest BCUT2D eigenvalue weighted by atomic mass is 10.3. The summed E-state index contributed by atoms with van der Waals surface area (Å²) in [6.07, 6.45) is 1.64. The maximum atomic E-state index is 11.3. The van der Waals surface area contributed by atoms with Crippen LogP contribution in [0.15, 0.2) is 28.9 Å². The molecule has 0 N–H and O–H groups in total. The molecule has 0 saturated carbocycles. The summed E-state index contributed by atoms with van der Waals surface area (Å²) in [7, 11) is 1.35. The second-order valence-electron chi connectivity index (χ2n) is 2.69. The van der Waals surface area contributed by atoms with Crippen molar-refractivity contribution in [1.29, 1.82) is 0 Å². The van der Waals surface area contributed by atoms with Crippen LogP contribution in [0.25, 0.3) is 5.52 Å². The Bertz CT molecular complexity index is 493. The van der Waals surface area contributed by atoms with Gasteiger partial charge in [-0.15, -0.1) is 0 Å². The van der Waals surface area contributed by atoms with Crippen molar-refractivity contribution in [3.05, 3.63) is 34.6 Å². The number of ether oxygens (including phenoxy) is 1. The van der Waals surface area contributed by atoms with Crippen LogP contribution < -0.4 is 0 Å². The molecule has 0 bridgehead atoms. The quantitative estimate of drug-likeness (QED) is 0.731. The van der Waals surface area contributed by atoms with E-state index >= 15 is 0 Å². The third-order valence-corrected chi connectivity index (χ3v) is 2.50. The van der Waals surface area contributed by atoms with Gasteiger partial charge in [0.1, 0.15) is 0 Å². The Morgan fingerprint density at radius 2 is 2.36 bits per heavy atom. The van der Waals surface area contributed by atoms with Gasteiger partial charge >= 0.3 is 5.97 Å². The Kier molecular flexibility index (Phi) is 2.25. The number of pyridine rings is 1. The smallest absolute Gasteiger partial charge is 0.356 e. The number of halogens is 1. The molecule has 2 aromatic rings. The van der Waals surface area contributed by atoms with Crippen LogP contribution in [-0.2, 0) is 4.74 Å². The minimum atomic E-state index is -0.397. The first-order chi connectivity index (χ1) is 6.74. The van der Waals surface area contributed by atoms with Gasteiger partial charge in [-0.05, 0) is 28.1 Å². The van der Waals surface area contributed by atoms with Gasteiger partial charge < -0.3 is 4.74 Å². The number of rotatable bonds is 1. The molecule has 14 heavy (non-hydrogen) atoms. The molecule has 0 radical (unpaired) electrons. The van der Waals surface area contributed by atoms with E-state index in [1.807, 2.05) is 6.07 Å². The van der Waals surface area contributed by atoms with Gasteiger partial charge in [-0.1, -0.05) is 6.07 Å². The van der Waals surface area contributed by atoms with Crippen LogP contribution >= 0.6 is 15.9 Å². The summed E-state index contributed by atoms with van der Waals surface area (Å²) in [6.45, 7) is 0. The maximum absolute atomic E-state index is 11.3. The summed E-state index contributed by atoms with van der Waals surface area (Å²) in [5.74, 6) is -0.397. The van der Waals surface area contributed by atoms with Gasteiger partial charge in [0.15, 0.2) is 5.69 Å². The molecule has 0 atom stereocenters. The first-order valence-electron chi connectivity index (χ1n) is 3.94. The van der Waals surface area contributed by atoms with E-state index in [2.05, 4.69) is 25.8 Å². The highest BCUT2D eigenvalue weighted by Gasteiger charge is 2.11. The Morgan fingerprint density at radius 1 is 1.57 bits per heavy atom. The summed E-state index contributed by atoms with van der Waals surface area (Å²) >= 11 is 3.34. The SMILES string of the molecule is COC(=O)c1cccc2c(Br)cnn12. The highest BCUT2D eigenvalue weighted by molar-refractivity contribution is 9.10. The third-order valence-electron chi connectivity index (χ3n) is 1.89. The molecule has 0 spiro atoms. The fourth-order valence-corrected chi connectivity index (χ4v) is 1.63. The highest BCUT2D eigenvalue weighted by atomic mass is 79.9. The third kappa shape index (κ3) is 1.29. The summed E-state index contributed by atoms with van der Waals surface area (Å²) < 4.78 is 7.03. The van der Waals surface area contributed by atoms with E-state index in [9.17, 15) is 4.79 Å². The van der Waals surface area contributed by atoms with E-state index in [1.54, 1.807) is 18.3 Å². The standard InChI is InChI=1S/C9H7BrN2O2/c1-14-9(13)8-4-2-3-7-6(10)5-11-12(7)8/h2-5H,1H3. The van der Waals surface area contributed by atoms with Crippen LogP contribution in [0.2, 0.25) is 0 Å². The van der Waals surface area contributed by atoms with E-state index in [0.29, 0.717) is 5.69 Å². The van der Waals surface area contributed by atoms with Crippen LogP contribution in [0.3, 0.4) is 0 Å². The fraction of sp³-hybridized carbons (Fsp3) is 0.111. The molecular formula is C9H7BrN2O2. The summed E-state index contributed by atoms with van der Waals surface area (Å²) in [5, 5.41) is 4.06. The number of nitrogens with zero attached hydrogens (tertiary/aromatic N) is 2. The topological polar surface area (TPSA) is 43.6 Å². The van der Waals surface area contributed by atoms with E-state index in [-0.39, 0.29) is 0 Å². The normalized spacial score (nSPS) is 10.4. The summed E-state index contributed by atoms with van der Waals surface area (Å²) in [6, 6.07) is 5.32. The van der Waals surface area contributed by atoms with Gasteiger partial charge in [-0.2, -0.15) is 5.10 Å². The molecule has 2 heterocycles. The van der Waals surface area contributed by atoms with Crippen molar-refractivity contribution in [2.75, 3.05) is 7.11 Å². The lowest BCUT2D eigenvalue weighted by Crippen LogP contribution is -2.08. The van der Waals surface area contributed by atoms with Gasteiger partial charge in [-0.3, -0.25) is 0 Å². The van der Waals surface area contributed by atoms with Crippen molar-refractivity contribution in [3.63, 3.8) is 0 Å². The van der Waals surface area contributed by atoms with Crippen LogP contribution in [-0.4, -0.2) is 22.7 Å². The molecule has 0 amide bonds. The number of fused-ring (bicyclic) bond motifs is 1. The monoisotopic (exact) mass is 254 g/mol. The second kappa shape index (κ2) is 3.42. The van der Waals surface area contributed by atoms with Crippen LogP contribution in [0.4, 0.5) is 0 Å². The molecular weight excluding hydrogens is 248 g/mol. The first-order valence-corrected chi connectivity index (χ1v) is 4.74. The zero-order valence-electron chi connectivity index (χ0n) is 7.40. The maximum Gasteiger partial charge on any atom is 0.356 e. The van der Waals surface area contributed by atoms with Crippen molar-refractivity contribution in [1.82, 2.24) is 9.61 Å². The van der Waals surface area contributed by atoms with Crippen LogP contribution in [0.1, 0.15) is 10.5 Å². The predicted molar refractivity (Wildman–Crippen MR) is 54.2 cm³/mol. The summed E-state index contributed by atoms with van der Waals surface area (Å²) in [4.78, 5) is 11.3. The van der Waals surface area contributed by atoms with Crippen molar-refractivity contribution < 1.29 is 9.53 Å². The van der Waals surface area contributed by atoms with Crippen molar-refractivity contribution in [3.8, 4) is 0 Å². The molecule has 2 rings (SSSR count). The largest absolute Gasteiger partial charge is 0.464 e. The highest BCUT2D eigenvalue weighted by Crippen LogP contribution is 2.18. The molecule has 0 aromatic carbocycles. The van der Waals surface area contributed by atoms with Crippen molar-refractivity contribution in [2.24, 2.45) is 0 Å².